The average Bonchev–Trinajstić information content (AvgIpc) is 2.44. The van der Waals surface area contributed by atoms with E-state index in [1.165, 1.54) is 0 Å². The summed E-state index contributed by atoms with van der Waals surface area (Å²) in [4.78, 5) is 3.22. The van der Waals surface area contributed by atoms with E-state index in [2.05, 4.69) is 11.1 Å². The zero-order valence-corrected chi connectivity index (χ0v) is 6.96. The minimum absolute atomic E-state index is 0.106. The van der Waals surface area contributed by atoms with E-state index in [9.17, 15) is 0 Å². The smallest absolute Gasteiger partial charge is 0.0688 e. The van der Waals surface area contributed by atoms with Crippen LogP contribution in [-0.4, -0.2) is 10.1 Å². The van der Waals surface area contributed by atoms with Gasteiger partial charge in [-0.1, -0.05) is 12.1 Å². The molecule has 1 heterocycles. The molecule has 1 aromatic heterocycles. The van der Waals surface area contributed by atoms with Gasteiger partial charge in [0, 0.05) is 16.6 Å². The lowest BCUT2D eigenvalue weighted by Gasteiger charge is -1.96. The summed E-state index contributed by atoms with van der Waals surface area (Å²) in [6.07, 6.45) is 0. The number of nitrogens with one attached hydrogen (secondary N) is 1. The standard InChI is InChI=1S/C10H11NO/c1-7-5-9-8(6-12)3-2-4-10(9)11-7/h2-5,11-12H,6H2,1H3. The van der Waals surface area contributed by atoms with Crippen molar-refractivity contribution in [3.8, 4) is 0 Å². The van der Waals surface area contributed by atoms with Crippen LogP contribution in [0.5, 0.6) is 0 Å². The molecule has 62 valence electrons. The molecular formula is C10H11NO. The third kappa shape index (κ3) is 1.01. The minimum Gasteiger partial charge on any atom is -0.392 e. The first-order chi connectivity index (χ1) is 5.81. The molecule has 0 saturated heterocycles. The van der Waals surface area contributed by atoms with Crippen molar-refractivity contribution < 1.29 is 5.11 Å². The van der Waals surface area contributed by atoms with Gasteiger partial charge >= 0.3 is 0 Å². The molecule has 0 aliphatic heterocycles. The van der Waals surface area contributed by atoms with E-state index in [0.717, 1.165) is 22.2 Å². The van der Waals surface area contributed by atoms with Gasteiger partial charge in [-0.05, 0) is 24.6 Å². The fourth-order valence-corrected chi connectivity index (χ4v) is 1.50. The summed E-state index contributed by atoms with van der Waals surface area (Å²) >= 11 is 0. The summed E-state index contributed by atoms with van der Waals surface area (Å²) in [5.74, 6) is 0. The predicted octanol–water partition coefficient (Wildman–Crippen LogP) is 1.97. The summed E-state index contributed by atoms with van der Waals surface area (Å²) in [5, 5.41) is 10.2. The first-order valence-corrected chi connectivity index (χ1v) is 3.99. The van der Waals surface area contributed by atoms with Crippen LogP contribution < -0.4 is 0 Å². The molecular weight excluding hydrogens is 150 g/mol. The molecule has 1 aromatic carbocycles. The number of aliphatic hydroxyl groups excluding tert-OH is 1. The zero-order valence-electron chi connectivity index (χ0n) is 6.96. The second-order valence-corrected chi connectivity index (χ2v) is 2.99. The Hall–Kier alpha value is -1.28. The van der Waals surface area contributed by atoms with Crippen molar-refractivity contribution in [1.82, 2.24) is 4.98 Å². The van der Waals surface area contributed by atoms with Gasteiger partial charge in [0.2, 0.25) is 0 Å². The Morgan fingerprint density at radius 3 is 3.00 bits per heavy atom. The Labute approximate surface area is 70.8 Å². The van der Waals surface area contributed by atoms with Gasteiger partial charge in [0.15, 0.2) is 0 Å². The van der Waals surface area contributed by atoms with Gasteiger partial charge in [0.25, 0.3) is 0 Å². The Kier molecular flexibility index (Phi) is 1.62. The quantitative estimate of drug-likeness (QED) is 0.659. The van der Waals surface area contributed by atoms with Gasteiger partial charge in [0.1, 0.15) is 0 Å². The molecule has 2 N–H and O–H groups in total. The number of hydrogen-bond acceptors (Lipinski definition) is 1. The lowest BCUT2D eigenvalue weighted by Crippen LogP contribution is -1.81. The van der Waals surface area contributed by atoms with Gasteiger partial charge < -0.3 is 10.1 Å². The average molecular weight is 161 g/mol. The lowest BCUT2D eigenvalue weighted by atomic mass is 10.1. The van der Waals surface area contributed by atoms with Crippen LogP contribution in [0.25, 0.3) is 10.9 Å². The molecule has 0 radical (unpaired) electrons. The third-order valence-electron chi connectivity index (χ3n) is 2.06. The maximum atomic E-state index is 9.03. The highest BCUT2D eigenvalue weighted by Crippen LogP contribution is 2.19. The molecule has 2 aromatic rings. The first-order valence-electron chi connectivity index (χ1n) is 3.99. The number of hydrogen-bond donors (Lipinski definition) is 2. The first kappa shape index (κ1) is 7.37. The molecule has 0 amide bonds. The highest BCUT2D eigenvalue weighted by Gasteiger charge is 2.00. The van der Waals surface area contributed by atoms with Crippen LogP contribution in [0.3, 0.4) is 0 Å². The maximum absolute atomic E-state index is 9.03. The van der Waals surface area contributed by atoms with Gasteiger partial charge in [-0.15, -0.1) is 0 Å². The van der Waals surface area contributed by atoms with Crippen molar-refractivity contribution in [2.45, 2.75) is 13.5 Å². The van der Waals surface area contributed by atoms with Crippen LogP contribution in [0, 0.1) is 6.92 Å². The summed E-state index contributed by atoms with van der Waals surface area (Å²) < 4.78 is 0. The number of fused-ring (bicyclic) bond motifs is 1. The van der Waals surface area contributed by atoms with E-state index in [4.69, 9.17) is 5.11 Å². The second kappa shape index (κ2) is 2.64. The van der Waals surface area contributed by atoms with Crippen molar-refractivity contribution in [3.63, 3.8) is 0 Å². The lowest BCUT2D eigenvalue weighted by molar-refractivity contribution is 0.283. The topological polar surface area (TPSA) is 36.0 Å². The largest absolute Gasteiger partial charge is 0.392 e. The Bertz CT molecular complexity index is 403. The van der Waals surface area contributed by atoms with Gasteiger partial charge in [-0.25, -0.2) is 0 Å². The van der Waals surface area contributed by atoms with E-state index in [1.807, 2.05) is 25.1 Å². The number of aromatic amines is 1. The molecule has 0 fully saturated rings. The number of aromatic nitrogens is 1. The van der Waals surface area contributed by atoms with Crippen LogP contribution in [0.1, 0.15) is 11.3 Å². The normalized spacial score (nSPS) is 10.8. The predicted molar refractivity (Wildman–Crippen MR) is 49.0 cm³/mol. The van der Waals surface area contributed by atoms with Gasteiger partial charge in [0.05, 0.1) is 6.61 Å². The Morgan fingerprint density at radius 2 is 2.25 bits per heavy atom. The minimum atomic E-state index is 0.106. The molecule has 2 nitrogen and oxygen atoms in total. The van der Waals surface area contributed by atoms with E-state index in [1.54, 1.807) is 0 Å². The number of H-pyrrole nitrogens is 1. The Balaban J connectivity index is 2.78. The van der Waals surface area contributed by atoms with E-state index in [-0.39, 0.29) is 6.61 Å². The number of aryl methyl sites for hydroxylation is 1. The monoisotopic (exact) mass is 161 g/mol. The second-order valence-electron chi connectivity index (χ2n) is 2.99. The zero-order chi connectivity index (χ0) is 8.55. The molecule has 2 rings (SSSR count). The summed E-state index contributed by atoms with van der Waals surface area (Å²) in [6, 6.07) is 7.96. The molecule has 0 saturated carbocycles. The maximum Gasteiger partial charge on any atom is 0.0688 e. The molecule has 0 unspecified atom stereocenters. The number of aliphatic hydroxyl groups is 1. The van der Waals surface area contributed by atoms with E-state index >= 15 is 0 Å². The van der Waals surface area contributed by atoms with Gasteiger partial charge in [-0.2, -0.15) is 0 Å². The summed E-state index contributed by atoms with van der Waals surface area (Å²) in [5.41, 5.74) is 3.21. The highest BCUT2D eigenvalue weighted by molar-refractivity contribution is 5.83. The molecule has 0 aliphatic rings. The van der Waals surface area contributed by atoms with Crippen LogP contribution in [0.4, 0.5) is 0 Å². The van der Waals surface area contributed by atoms with Crippen molar-refractivity contribution in [1.29, 1.82) is 0 Å². The number of benzene rings is 1. The number of rotatable bonds is 1. The van der Waals surface area contributed by atoms with E-state index in [0.29, 0.717) is 0 Å². The molecule has 0 aliphatic carbocycles. The van der Waals surface area contributed by atoms with Crippen LogP contribution in [0.2, 0.25) is 0 Å². The van der Waals surface area contributed by atoms with Crippen molar-refractivity contribution >= 4 is 10.9 Å². The molecule has 0 spiro atoms. The van der Waals surface area contributed by atoms with Crippen LogP contribution in [-0.2, 0) is 6.61 Å². The molecule has 0 bridgehead atoms. The molecule has 0 atom stereocenters. The molecule has 2 heteroatoms. The Morgan fingerprint density at radius 1 is 1.42 bits per heavy atom. The third-order valence-corrected chi connectivity index (χ3v) is 2.06. The highest BCUT2D eigenvalue weighted by atomic mass is 16.3. The fraction of sp³-hybridized carbons (Fsp3) is 0.200. The van der Waals surface area contributed by atoms with Crippen molar-refractivity contribution in [2.24, 2.45) is 0 Å². The summed E-state index contributed by atoms with van der Waals surface area (Å²) in [7, 11) is 0. The summed E-state index contributed by atoms with van der Waals surface area (Å²) in [6.45, 7) is 2.12. The van der Waals surface area contributed by atoms with Crippen LogP contribution >= 0.6 is 0 Å². The van der Waals surface area contributed by atoms with Crippen molar-refractivity contribution in [2.75, 3.05) is 0 Å². The van der Waals surface area contributed by atoms with Gasteiger partial charge in [-0.3, -0.25) is 0 Å². The van der Waals surface area contributed by atoms with Crippen LogP contribution in [0.15, 0.2) is 24.3 Å². The van der Waals surface area contributed by atoms with Crippen molar-refractivity contribution in [3.05, 3.63) is 35.5 Å². The SMILES string of the molecule is Cc1cc2c(CO)cccc2[nH]1. The fourth-order valence-electron chi connectivity index (χ4n) is 1.50. The molecule has 12 heavy (non-hydrogen) atoms. The van der Waals surface area contributed by atoms with E-state index < -0.39 is 0 Å².